The lowest BCUT2D eigenvalue weighted by Crippen LogP contribution is -2.58. The van der Waals surface area contributed by atoms with Crippen molar-refractivity contribution >= 4 is 114 Å². The van der Waals surface area contributed by atoms with Gasteiger partial charge in [0.05, 0.1) is 34.2 Å². The minimum Gasteiger partial charge on any atom is -0.481 e. The van der Waals surface area contributed by atoms with E-state index in [4.69, 9.17) is 5.11 Å². The van der Waals surface area contributed by atoms with Gasteiger partial charge in [0.15, 0.2) is 0 Å². The molecule has 2 unspecified atom stereocenters. The maximum atomic E-state index is 13.9. The van der Waals surface area contributed by atoms with E-state index < -0.39 is 164 Å². The van der Waals surface area contributed by atoms with E-state index in [-0.39, 0.29) is 66.7 Å². The van der Waals surface area contributed by atoms with Gasteiger partial charge in [0.25, 0.3) is 17.7 Å². The number of esters is 3. The van der Waals surface area contributed by atoms with Crippen molar-refractivity contribution in [3.63, 3.8) is 0 Å². The average Bonchev–Trinajstić information content (AvgIpc) is 3.65. The van der Waals surface area contributed by atoms with Crippen LogP contribution in [0.15, 0.2) is 71.9 Å². The fraction of sp³-hybridized carbons (Fsp3) is 0.462. The number of rotatable bonds is 42. The highest BCUT2D eigenvalue weighted by Gasteiger charge is 2.33. The van der Waals surface area contributed by atoms with Gasteiger partial charge in [-0.15, -0.1) is 0 Å². The minimum atomic E-state index is -1.64. The summed E-state index contributed by atoms with van der Waals surface area (Å²) in [6, 6.07) is -0.137. The first-order valence-corrected chi connectivity index (χ1v) is 27.0. The molecule has 0 aliphatic carbocycles. The number of hydrogen-bond donors (Lipinski definition) is 16. The Morgan fingerprint density at radius 2 is 0.918 bits per heavy atom. The van der Waals surface area contributed by atoms with Gasteiger partial charge >= 0.3 is 41.8 Å². The number of carboxylic acid groups (broad SMARTS) is 4. The number of carboxylic acids is 4. The Morgan fingerprint density at radius 3 is 1.34 bits per heavy atom. The van der Waals surface area contributed by atoms with Gasteiger partial charge in [-0.25, -0.2) is 25.9 Å². The van der Waals surface area contributed by atoms with Gasteiger partial charge in [-0.2, -0.15) is 25.3 Å². The molecule has 0 fully saturated rings. The molecule has 6 atom stereocenters. The average molecular weight is 1240 g/mol. The molecular formula is C52H72N10O21S2. The van der Waals surface area contributed by atoms with E-state index in [0.29, 0.717) is 0 Å². The first-order chi connectivity index (χ1) is 40.3. The third-order valence-corrected chi connectivity index (χ3v) is 12.3. The number of nitrogens with one attached hydrogen (secondary N) is 10. The largest absolute Gasteiger partial charge is 0.481 e. The third kappa shape index (κ3) is 31.0. The molecule has 468 valence electrons. The molecule has 14 N–H and O–H groups in total. The van der Waals surface area contributed by atoms with Crippen molar-refractivity contribution in [2.24, 2.45) is 0 Å². The summed E-state index contributed by atoms with van der Waals surface area (Å²) >= 11 is 8.12. The molecule has 7 amide bonds. The molecule has 0 spiro atoms. The van der Waals surface area contributed by atoms with E-state index in [1.807, 2.05) is 30.3 Å². The van der Waals surface area contributed by atoms with E-state index in [2.05, 4.69) is 99.9 Å². The fourth-order valence-corrected chi connectivity index (χ4v) is 7.48. The number of allylic oxidation sites excluding steroid dienone is 3. The van der Waals surface area contributed by atoms with Crippen molar-refractivity contribution in [1.82, 2.24) is 53.8 Å². The van der Waals surface area contributed by atoms with Gasteiger partial charge in [-0.1, -0.05) is 61.2 Å². The van der Waals surface area contributed by atoms with Crippen molar-refractivity contribution in [2.45, 2.75) is 113 Å². The number of hydrogen-bond acceptors (Lipinski definition) is 22. The molecule has 0 bridgehead atoms. The van der Waals surface area contributed by atoms with E-state index in [9.17, 15) is 82.4 Å². The topological polar surface area (TPSA) is 468 Å². The van der Waals surface area contributed by atoms with E-state index in [1.165, 1.54) is 12.2 Å². The molecule has 85 heavy (non-hydrogen) atoms. The molecule has 0 saturated heterocycles. The van der Waals surface area contributed by atoms with Gasteiger partial charge in [-0.3, -0.25) is 73.8 Å². The SMILES string of the molecule is C=C(CC/C=C(\CC/C=C(\CC/C=C/c1ccccc1)C(=O)NN[C@@H](CCC(=O)O)C(=O)NC(CS)C(=O)N[C@@H](CC(=O)O)C(=O)OC)C(=O)NNCC(=O)OC)C(=O)NN[C@@H](CCC(=O)O)C(=O)NC(CS)C(=O)N[C@@H](CC(=O)O)C(=O)OC. The first kappa shape index (κ1) is 74.4. The third-order valence-electron chi connectivity index (χ3n) is 11.5. The second kappa shape index (κ2) is 41.4. The summed E-state index contributed by atoms with van der Waals surface area (Å²) in [6.45, 7) is 3.30. The van der Waals surface area contributed by atoms with Crippen LogP contribution < -0.4 is 53.8 Å². The second-order valence-corrected chi connectivity index (χ2v) is 18.6. The maximum absolute atomic E-state index is 13.9. The molecule has 0 aliphatic rings. The van der Waals surface area contributed by atoms with Gasteiger partial charge in [0.1, 0.15) is 42.8 Å². The Balaban J connectivity index is 3.44. The number of carbonyl (C=O) groups is 14. The lowest BCUT2D eigenvalue weighted by atomic mass is 10.0. The van der Waals surface area contributed by atoms with Crippen molar-refractivity contribution in [1.29, 1.82) is 0 Å². The zero-order valence-corrected chi connectivity index (χ0v) is 48.4. The minimum absolute atomic E-state index is 0.0212. The number of ether oxygens (including phenoxy) is 3. The summed E-state index contributed by atoms with van der Waals surface area (Å²) in [5.41, 5.74) is 15.2. The van der Waals surface area contributed by atoms with Crippen LogP contribution in [-0.2, 0) is 81.3 Å². The summed E-state index contributed by atoms with van der Waals surface area (Å²) < 4.78 is 13.7. The monoisotopic (exact) mass is 1240 g/mol. The van der Waals surface area contributed by atoms with Gasteiger partial charge < -0.3 is 55.9 Å². The standard InChI is InChI=1S/C52H72N10O21S2/c1-29(44(72)61-58-33(20-22-39(63)64)47(75)56-37(27-84)49(77)54-35(24-41(67)68)51(79)82-3)12-10-17-32(45(73)60-53-26-43(71)81-2)19-11-18-31(16-9-8-15-30-13-6-5-7-14-30)46(74)62-59-34(21-23-40(65)66)48(76)57-38(28-85)50(78)55-36(25-42(69)70)52(80)83-4/h5-8,13-15,17-18,33-38,53,58-59,84-85H,1,9-12,16,19-28H2,2-4H3,(H,54,77)(H,55,78)(H,56,75)(H,57,76)(H,60,73)(H,61,72)(H,62,74)(H,63,64)(H,65,66)(H,67,68)(H,69,70)/b15-8+,31-18+,32-17+/t33-,34-,35-,36-,37?,38?/m0/s1. The molecule has 1 aromatic carbocycles. The summed E-state index contributed by atoms with van der Waals surface area (Å²) in [4.78, 5) is 175. The smallest absolute Gasteiger partial charge is 0.328 e. The Bertz CT molecular complexity index is 2640. The van der Waals surface area contributed by atoms with Crippen LogP contribution in [0.3, 0.4) is 0 Å². The number of aliphatic carboxylic acids is 4. The summed E-state index contributed by atoms with van der Waals surface area (Å²) in [5, 5.41) is 46.1. The van der Waals surface area contributed by atoms with Crippen LogP contribution >= 0.6 is 25.3 Å². The molecule has 31 nitrogen and oxygen atoms in total. The normalized spacial score (nSPS) is 13.4. The molecule has 1 aromatic rings. The van der Waals surface area contributed by atoms with Crippen molar-refractivity contribution in [2.75, 3.05) is 39.4 Å². The zero-order valence-electron chi connectivity index (χ0n) is 46.6. The molecule has 0 aromatic heterocycles. The highest BCUT2D eigenvalue weighted by molar-refractivity contribution is 7.80. The Morgan fingerprint density at radius 1 is 0.506 bits per heavy atom. The number of thiol groups is 2. The Kier molecular flexibility index (Phi) is 36.2. The quantitative estimate of drug-likeness (QED) is 0.0111. The Labute approximate surface area is 498 Å². The maximum Gasteiger partial charge on any atom is 0.328 e. The molecule has 0 heterocycles. The van der Waals surface area contributed by atoms with Crippen LogP contribution in [0.4, 0.5) is 0 Å². The van der Waals surface area contributed by atoms with Gasteiger partial charge in [0.2, 0.25) is 23.6 Å². The van der Waals surface area contributed by atoms with Crippen LogP contribution in [0.2, 0.25) is 0 Å². The second-order valence-electron chi connectivity index (χ2n) is 17.9. The molecular weight excluding hydrogens is 1160 g/mol. The zero-order chi connectivity index (χ0) is 64.0. The van der Waals surface area contributed by atoms with Crippen LogP contribution in [0.1, 0.15) is 82.6 Å². The number of amides is 7. The van der Waals surface area contributed by atoms with Crippen LogP contribution in [0.25, 0.3) is 6.08 Å². The number of methoxy groups -OCH3 is 3. The number of benzene rings is 1. The van der Waals surface area contributed by atoms with Crippen molar-refractivity contribution in [3.8, 4) is 0 Å². The van der Waals surface area contributed by atoms with E-state index in [0.717, 1.165) is 26.9 Å². The summed E-state index contributed by atoms with van der Waals surface area (Å²) in [7, 11) is 3.04. The molecule has 0 radical (unpaired) electrons. The van der Waals surface area contributed by atoms with Gasteiger partial charge in [0, 0.05) is 41.1 Å². The van der Waals surface area contributed by atoms with E-state index >= 15 is 0 Å². The number of hydrazine groups is 3. The van der Waals surface area contributed by atoms with E-state index in [1.54, 1.807) is 12.2 Å². The summed E-state index contributed by atoms with van der Waals surface area (Å²) in [6.07, 6.45) is 2.73. The van der Waals surface area contributed by atoms with Crippen molar-refractivity contribution < 1.29 is 102 Å². The van der Waals surface area contributed by atoms with Crippen LogP contribution in [0, 0.1) is 0 Å². The van der Waals surface area contributed by atoms with Crippen LogP contribution in [-0.4, -0.2) is 179 Å². The predicted octanol–water partition coefficient (Wildman–Crippen LogP) is -1.95. The molecule has 33 heteroatoms. The lowest BCUT2D eigenvalue weighted by molar-refractivity contribution is -0.149. The first-order valence-electron chi connectivity index (χ1n) is 25.8. The lowest BCUT2D eigenvalue weighted by Gasteiger charge is -2.24. The molecule has 0 aliphatic heterocycles. The van der Waals surface area contributed by atoms with Crippen LogP contribution in [0.5, 0.6) is 0 Å². The fourth-order valence-electron chi connectivity index (χ4n) is 6.97. The summed E-state index contributed by atoms with van der Waals surface area (Å²) in [5.74, 6) is -15.8. The number of carbonyl (C=O) groups excluding carboxylic acids is 10. The molecule has 0 saturated carbocycles. The highest BCUT2D eigenvalue weighted by Crippen LogP contribution is 2.16. The highest BCUT2D eigenvalue weighted by atomic mass is 32.1. The van der Waals surface area contributed by atoms with Gasteiger partial charge in [-0.05, 0) is 56.9 Å². The molecule has 1 rings (SSSR count). The predicted molar refractivity (Wildman–Crippen MR) is 304 cm³/mol. The van der Waals surface area contributed by atoms with Crippen molar-refractivity contribution in [3.05, 3.63) is 77.4 Å². The Hall–Kier alpha value is -8.66.